The lowest BCUT2D eigenvalue weighted by atomic mass is 10.1. The van der Waals surface area contributed by atoms with Crippen molar-refractivity contribution in [2.24, 2.45) is 10.2 Å². The zero-order valence-corrected chi connectivity index (χ0v) is 15.1. The van der Waals surface area contributed by atoms with Crippen LogP contribution in [-0.2, 0) is 4.79 Å². The van der Waals surface area contributed by atoms with Gasteiger partial charge in [-0.1, -0.05) is 18.2 Å². The van der Waals surface area contributed by atoms with Gasteiger partial charge in [0.25, 0.3) is 0 Å². The topological polar surface area (TPSA) is 95.0 Å². The smallest absolute Gasteiger partial charge is 0.319 e. The van der Waals surface area contributed by atoms with Crippen molar-refractivity contribution in [1.82, 2.24) is 10.6 Å². The predicted molar refractivity (Wildman–Crippen MR) is 102 cm³/mol. The zero-order chi connectivity index (χ0) is 19.0. The quantitative estimate of drug-likeness (QED) is 0.705. The molecule has 0 saturated carbocycles. The van der Waals surface area contributed by atoms with E-state index in [4.69, 9.17) is 0 Å². The zero-order valence-electron chi connectivity index (χ0n) is 15.1. The lowest BCUT2D eigenvalue weighted by molar-refractivity contribution is -0.121. The normalized spacial score (nSPS) is 11.2. The summed E-state index contributed by atoms with van der Waals surface area (Å²) in [5.74, 6) is -0.246. The summed E-state index contributed by atoms with van der Waals surface area (Å²) in [6, 6.07) is 15.9. The predicted octanol–water partition coefficient (Wildman–Crippen LogP) is 4.14. The highest BCUT2D eigenvalue weighted by Gasteiger charge is 2.14. The molecule has 0 spiro atoms. The number of rotatable bonds is 5. The molecule has 3 amide bonds. The van der Waals surface area contributed by atoms with Gasteiger partial charge in [-0.25, -0.2) is 4.79 Å². The summed E-state index contributed by atoms with van der Waals surface area (Å²) in [4.78, 5) is 23.5. The van der Waals surface area contributed by atoms with Crippen molar-refractivity contribution in [2.75, 3.05) is 11.9 Å². The van der Waals surface area contributed by atoms with E-state index >= 15 is 0 Å². The Morgan fingerprint density at radius 2 is 1.46 bits per heavy atom. The number of anilines is 1. The maximum Gasteiger partial charge on any atom is 0.319 e. The van der Waals surface area contributed by atoms with Gasteiger partial charge >= 0.3 is 6.03 Å². The van der Waals surface area contributed by atoms with Crippen LogP contribution in [0.4, 0.5) is 21.9 Å². The number of hydrogen-bond donors (Lipinski definition) is 3. The summed E-state index contributed by atoms with van der Waals surface area (Å²) < 4.78 is 0. The third kappa shape index (κ3) is 7.12. The molecule has 0 aliphatic heterocycles. The Bertz CT molecular complexity index is 765. The summed E-state index contributed by atoms with van der Waals surface area (Å²) in [5, 5.41) is 16.2. The maximum atomic E-state index is 11.8. The van der Waals surface area contributed by atoms with Crippen molar-refractivity contribution in [3.8, 4) is 0 Å². The number of carbonyl (C=O) groups is 2. The average Bonchev–Trinajstić information content (AvgIpc) is 2.59. The van der Waals surface area contributed by atoms with Crippen LogP contribution in [0.2, 0.25) is 0 Å². The summed E-state index contributed by atoms with van der Waals surface area (Å²) in [6.45, 7) is 5.54. The van der Waals surface area contributed by atoms with E-state index in [-0.39, 0.29) is 18.0 Å². The number of nitrogens with zero attached hydrogens (tertiary/aromatic N) is 2. The van der Waals surface area contributed by atoms with Crippen LogP contribution in [0, 0.1) is 0 Å². The van der Waals surface area contributed by atoms with E-state index in [1.165, 1.54) is 0 Å². The molecule has 7 heteroatoms. The number of amides is 3. The van der Waals surface area contributed by atoms with Gasteiger partial charge in [0.05, 0.1) is 17.9 Å². The average molecular weight is 353 g/mol. The highest BCUT2D eigenvalue weighted by atomic mass is 16.2. The van der Waals surface area contributed by atoms with Gasteiger partial charge in [-0.05, 0) is 57.2 Å². The number of carbonyl (C=O) groups excluding carboxylic acids is 2. The molecule has 0 aromatic heterocycles. The molecular weight excluding hydrogens is 330 g/mol. The fourth-order valence-electron chi connectivity index (χ4n) is 2.02. The van der Waals surface area contributed by atoms with Crippen LogP contribution >= 0.6 is 0 Å². The minimum absolute atomic E-state index is 0.0908. The van der Waals surface area contributed by atoms with Gasteiger partial charge in [-0.2, -0.15) is 10.2 Å². The fraction of sp³-hybridized carbons (Fsp3) is 0.263. The standard InChI is InChI=1S/C19H23N5O2/c1-19(2,3)22-17(25)13-20-18(26)21-14-9-11-16(12-10-14)24-23-15-7-5-4-6-8-15/h4-12H,13H2,1-3H3,(H,22,25)(H2,20,21,26). The van der Waals surface area contributed by atoms with Crippen molar-refractivity contribution in [2.45, 2.75) is 26.3 Å². The van der Waals surface area contributed by atoms with Gasteiger partial charge in [0.15, 0.2) is 0 Å². The Hall–Kier alpha value is -3.22. The van der Waals surface area contributed by atoms with Crippen LogP contribution < -0.4 is 16.0 Å². The second kappa shape index (κ2) is 8.75. The largest absolute Gasteiger partial charge is 0.350 e. The molecule has 2 aromatic carbocycles. The molecule has 3 N–H and O–H groups in total. The number of benzene rings is 2. The molecule has 136 valence electrons. The minimum Gasteiger partial charge on any atom is -0.350 e. The van der Waals surface area contributed by atoms with Crippen LogP contribution in [-0.4, -0.2) is 24.0 Å². The SMILES string of the molecule is CC(C)(C)NC(=O)CNC(=O)Nc1ccc(N=Nc2ccccc2)cc1. The van der Waals surface area contributed by atoms with Crippen molar-refractivity contribution in [3.05, 3.63) is 54.6 Å². The van der Waals surface area contributed by atoms with E-state index in [0.29, 0.717) is 11.4 Å². The van der Waals surface area contributed by atoms with Gasteiger partial charge in [-0.15, -0.1) is 0 Å². The van der Waals surface area contributed by atoms with Crippen molar-refractivity contribution in [3.63, 3.8) is 0 Å². The first kappa shape index (κ1) is 19.1. The minimum atomic E-state index is -0.451. The van der Waals surface area contributed by atoms with Gasteiger partial charge in [0.1, 0.15) is 0 Å². The van der Waals surface area contributed by atoms with Crippen LogP contribution in [0.3, 0.4) is 0 Å². The Kier molecular flexibility index (Phi) is 6.43. The Balaban J connectivity index is 1.82. The molecule has 0 fully saturated rings. The highest BCUT2D eigenvalue weighted by Crippen LogP contribution is 2.19. The molecule has 0 atom stereocenters. The molecule has 7 nitrogen and oxygen atoms in total. The van der Waals surface area contributed by atoms with Crippen molar-refractivity contribution < 1.29 is 9.59 Å². The van der Waals surface area contributed by atoms with Gasteiger partial charge < -0.3 is 16.0 Å². The van der Waals surface area contributed by atoms with Crippen LogP contribution in [0.25, 0.3) is 0 Å². The number of nitrogens with one attached hydrogen (secondary N) is 3. The first-order valence-corrected chi connectivity index (χ1v) is 8.24. The first-order valence-electron chi connectivity index (χ1n) is 8.24. The Morgan fingerprint density at radius 3 is 2.04 bits per heavy atom. The lowest BCUT2D eigenvalue weighted by Crippen LogP contribution is -2.46. The molecule has 0 unspecified atom stereocenters. The second-order valence-electron chi connectivity index (χ2n) is 6.69. The van der Waals surface area contributed by atoms with Crippen LogP contribution in [0.5, 0.6) is 0 Å². The molecule has 26 heavy (non-hydrogen) atoms. The van der Waals surface area contributed by atoms with E-state index in [0.717, 1.165) is 5.69 Å². The van der Waals surface area contributed by atoms with E-state index < -0.39 is 6.03 Å². The molecule has 0 heterocycles. The molecule has 0 bridgehead atoms. The van der Waals surface area contributed by atoms with E-state index in [2.05, 4.69) is 26.2 Å². The molecular formula is C19H23N5O2. The number of hydrogen-bond acceptors (Lipinski definition) is 4. The van der Waals surface area contributed by atoms with Gasteiger partial charge in [0.2, 0.25) is 5.91 Å². The number of urea groups is 1. The summed E-state index contributed by atoms with van der Waals surface area (Å²) in [5.41, 5.74) is 1.70. The van der Waals surface area contributed by atoms with Crippen LogP contribution in [0.15, 0.2) is 64.8 Å². The Morgan fingerprint density at radius 1 is 0.885 bits per heavy atom. The van der Waals surface area contributed by atoms with Gasteiger partial charge in [-0.3, -0.25) is 4.79 Å². The van der Waals surface area contributed by atoms with E-state index in [1.54, 1.807) is 24.3 Å². The molecule has 0 aliphatic carbocycles. The van der Waals surface area contributed by atoms with Gasteiger partial charge in [0, 0.05) is 11.2 Å². The first-order chi connectivity index (χ1) is 12.3. The monoisotopic (exact) mass is 353 g/mol. The van der Waals surface area contributed by atoms with E-state index in [1.807, 2.05) is 51.1 Å². The fourth-order valence-corrected chi connectivity index (χ4v) is 2.02. The summed E-state index contributed by atoms with van der Waals surface area (Å²) in [6.07, 6.45) is 0. The van der Waals surface area contributed by atoms with Crippen molar-refractivity contribution >= 4 is 29.0 Å². The Labute approximate surface area is 152 Å². The molecule has 0 radical (unpaired) electrons. The van der Waals surface area contributed by atoms with E-state index in [9.17, 15) is 9.59 Å². The highest BCUT2D eigenvalue weighted by molar-refractivity contribution is 5.92. The second-order valence-corrected chi connectivity index (χ2v) is 6.69. The third-order valence-corrected chi connectivity index (χ3v) is 3.09. The van der Waals surface area contributed by atoms with Crippen molar-refractivity contribution in [1.29, 1.82) is 0 Å². The molecule has 0 saturated heterocycles. The molecule has 0 aliphatic rings. The molecule has 2 rings (SSSR count). The summed E-state index contributed by atoms with van der Waals surface area (Å²) >= 11 is 0. The molecule has 2 aromatic rings. The summed E-state index contributed by atoms with van der Waals surface area (Å²) in [7, 11) is 0. The number of azo groups is 1. The maximum absolute atomic E-state index is 11.8. The third-order valence-electron chi connectivity index (χ3n) is 3.09. The lowest BCUT2D eigenvalue weighted by Gasteiger charge is -2.20. The van der Waals surface area contributed by atoms with Crippen LogP contribution in [0.1, 0.15) is 20.8 Å².